The van der Waals surface area contributed by atoms with E-state index in [1.54, 1.807) is 6.92 Å². The molecule has 0 aliphatic carbocycles. The zero-order valence-electron chi connectivity index (χ0n) is 21.4. The van der Waals surface area contributed by atoms with E-state index in [-0.39, 0.29) is 11.5 Å². The Hall–Kier alpha value is -0.610. The Balaban J connectivity index is -0.000000695. The van der Waals surface area contributed by atoms with Gasteiger partial charge >= 0.3 is 0 Å². The monoisotopic (exact) mass is 402 g/mol. The number of amides is 1. The first-order valence-electron chi connectivity index (χ1n) is 12.1. The van der Waals surface area contributed by atoms with Crippen molar-refractivity contribution in [1.82, 2.24) is 9.80 Å². The highest BCUT2D eigenvalue weighted by Gasteiger charge is 2.39. The summed E-state index contributed by atoms with van der Waals surface area (Å²) >= 11 is 0. The summed E-state index contributed by atoms with van der Waals surface area (Å²) in [6.45, 7) is 28.1. The van der Waals surface area contributed by atoms with Crippen LogP contribution in [-0.2, 0) is 9.53 Å². The van der Waals surface area contributed by atoms with Gasteiger partial charge in [0.05, 0.1) is 12.2 Å². The summed E-state index contributed by atoms with van der Waals surface area (Å²) < 4.78 is 6.11. The van der Waals surface area contributed by atoms with Crippen molar-refractivity contribution >= 4 is 5.91 Å². The minimum Gasteiger partial charge on any atom is -0.372 e. The average molecular weight is 403 g/mol. The molecule has 1 spiro atoms. The molecule has 2 fully saturated rings. The Morgan fingerprint density at radius 2 is 1.43 bits per heavy atom. The van der Waals surface area contributed by atoms with Gasteiger partial charge in [-0.2, -0.15) is 0 Å². The van der Waals surface area contributed by atoms with Crippen LogP contribution < -0.4 is 0 Å². The predicted molar refractivity (Wildman–Crippen MR) is 126 cm³/mol. The molecule has 0 saturated carbocycles. The molecule has 28 heavy (non-hydrogen) atoms. The molecule has 1 amide bonds. The molecular weight excluding hydrogens is 348 g/mol. The molecule has 0 bridgehead atoms. The number of likely N-dealkylation sites (tertiary alicyclic amines) is 1. The van der Waals surface area contributed by atoms with E-state index in [4.69, 9.17) is 4.74 Å². The first-order chi connectivity index (χ1) is 13.5. The highest BCUT2D eigenvalue weighted by atomic mass is 16.5. The molecule has 0 atom stereocenters. The Labute approximate surface area is 178 Å². The lowest BCUT2D eigenvalue weighted by Crippen LogP contribution is -2.57. The first kappa shape index (κ1) is 32.1. The van der Waals surface area contributed by atoms with Crippen LogP contribution in [-0.4, -0.2) is 60.6 Å². The third kappa shape index (κ3) is 13.5. The van der Waals surface area contributed by atoms with Crippen LogP contribution in [0.2, 0.25) is 0 Å². The van der Waals surface area contributed by atoms with Gasteiger partial charge in [0.1, 0.15) is 0 Å². The first-order valence-corrected chi connectivity index (χ1v) is 12.1. The van der Waals surface area contributed by atoms with E-state index in [2.05, 4.69) is 18.7 Å². The topological polar surface area (TPSA) is 32.8 Å². The number of hydrogen-bond acceptors (Lipinski definition) is 3. The lowest BCUT2D eigenvalue weighted by molar-refractivity contribution is -0.149. The van der Waals surface area contributed by atoms with E-state index in [0.29, 0.717) is 0 Å². The molecule has 2 aliphatic rings. The number of nitrogens with zero attached hydrogens (tertiary/aromatic N) is 2. The molecule has 172 valence electrons. The molecule has 0 radical (unpaired) electrons. The lowest BCUT2D eigenvalue weighted by atomic mass is 9.89. The van der Waals surface area contributed by atoms with Crippen LogP contribution in [0.5, 0.6) is 0 Å². The number of piperidine rings is 1. The third-order valence-electron chi connectivity index (χ3n) is 4.70. The van der Waals surface area contributed by atoms with Gasteiger partial charge < -0.3 is 9.64 Å². The molecule has 2 rings (SSSR count). The zero-order valence-corrected chi connectivity index (χ0v) is 21.4. The van der Waals surface area contributed by atoms with Crippen molar-refractivity contribution in [3.8, 4) is 0 Å². The van der Waals surface area contributed by atoms with E-state index in [9.17, 15) is 4.79 Å². The van der Waals surface area contributed by atoms with Gasteiger partial charge in [0, 0.05) is 33.1 Å². The highest BCUT2D eigenvalue weighted by molar-refractivity contribution is 5.73. The molecular formula is C24H54N2O2. The van der Waals surface area contributed by atoms with Gasteiger partial charge in [-0.05, 0) is 38.1 Å². The maximum atomic E-state index is 11.4. The van der Waals surface area contributed by atoms with Crippen molar-refractivity contribution in [3.05, 3.63) is 0 Å². The summed E-state index contributed by atoms with van der Waals surface area (Å²) in [7, 11) is 0. The molecule has 0 aromatic rings. The van der Waals surface area contributed by atoms with E-state index in [1.807, 2.05) is 60.3 Å². The van der Waals surface area contributed by atoms with Crippen molar-refractivity contribution in [2.24, 2.45) is 5.92 Å². The van der Waals surface area contributed by atoms with E-state index >= 15 is 0 Å². The quantitative estimate of drug-likeness (QED) is 0.558. The minimum absolute atomic E-state index is 0.0159. The fourth-order valence-corrected chi connectivity index (χ4v) is 3.37. The minimum atomic E-state index is 0.0159. The molecule has 0 aromatic heterocycles. The van der Waals surface area contributed by atoms with Crippen LogP contribution in [0.3, 0.4) is 0 Å². The van der Waals surface area contributed by atoms with Gasteiger partial charge in [-0.3, -0.25) is 9.69 Å². The second-order valence-corrected chi connectivity index (χ2v) is 6.85. The Bertz CT molecular complexity index is 325. The van der Waals surface area contributed by atoms with E-state index < -0.39 is 0 Å². The Morgan fingerprint density at radius 1 is 0.929 bits per heavy atom. The SMILES string of the molecule is CC.CC.CC.CC.CC(=O)N1CCC2(CC1)CN(CCCC(C)C)CCO2. The van der Waals surface area contributed by atoms with Gasteiger partial charge in [-0.15, -0.1) is 0 Å². The summed E-state index contributed by atoms with van der Waals surface area (Å²) in [6, 6.07) is 0. The zero-order chi connectivity index (χ0) is 22.6. The molecule has 4 heteroatoms. The number of ether oxygens (including phenoxy) is 1. The second kappa shape index (κ2) is 21.1. The molecule has 2 aliphatic heterocycles. The van der Waals surface area contributed by atoms with Gasteiger partial charge in [0.15, 0.2) is 0 Å². The smallest absolute Gasteiger partial charge is 0.219 e. The number of morpholine rings is 1. The van der Waals surface area contributed by atoms with Gasteiger partial charge in [0.2, 0.25) is 5.91 Å². The summed E-state index contributed by atoms with van der Waals surface area (Å²) in [5.74, 6) is 0.994. The second-order valence-electron chi connectivity index (χ2n) is 6.85. The molecule has 2 saturated heterocycles. The van der Waals surface area contributed by atoms with Crippen LogP contribution in [0, 0.1) is 5.92 Å². The van der Waals surface area contributed by atoms with Crippen molar-refractivity contribution < 1.29 is 9.53 Å². The standard InChI is InChI=1S/C16H30N2O2.4C2H6/c1-14(2)5-4-8-17-11-12-20-16(13-17)6-9-18(10-7-16)15(3)19;4*1-2/h14H,4-13H2,1-3H3;4*1-2H3. The average Bonchev–Trinajstić information content (AvgIpc) is 2.74. The number of carbonyl (C=O) groups is 1. The lowest BCUT2D eigenvalue weighted by Gasteiger charge is -2.47. The number of hydrogen-bond donors (Lipinski definition) is 0. The summed E-state index contributed by atoms with van der Waals surface area (Å²) in [4.78, 5) is 15.9. The highest BCUT2D eigenvalue weighted by Crippen LogP contribution is 2.30. The van der Waals surface area contributed by atoms with E-state index in [0.717, 1.165) is 51.5 Å². The van der Waals surface area contributed by atoms with Crippen molar-refractivity contribution in [3.63, 3.8) is 0 Å². The molecule has 4 nitrogen and oxygen atoms in total. The van der Waals surface area contributed by atoms with Crippen LogP contribution in [0.4, 0.5) is 0 Å². The molecule has 2 heterocycles. The molecule has 0 N–H and O–H groups in total. The molecule has 0 aromatic carbocycles. The summed E-state index contributed by atoms with van der Waals surface area (Å²) in [6.07, 6.45) is 4.58. The summed E-state index contributed by atoms with van der Waals surface area (Å²) in [5, 5.41) is 0. The van der Waals surface area contributed by atoms with Crippen LogP contribution in [0.25, 0.3) is 0 Å². The molecule has 0 unspecified atom stereocenters. The maximum absolute atomic E-state index is 11.4. The number of carbonyl (C=O) groups excluding carboxylic acids is 1. The normalized spacial score (nSPS) is 17.6. The summed E-state index contributed by atoms with van der Waals surface area (Å²) in [5.41, 5.74) is 0.0159. The van der Waals surface area contributed by atoms with Crippen molar-refractivity contribution in [2.75, 3.05) is 39.3 Å². The fraction of sp³-hybridized carbons (Fsp3) is 0.958. The third-order valence-corrected chi connectivity index (χ3v) is 4.70. The largest absolute Gasteiger partial charge is 0.372 e. The van der Waals surface area contributed by atoms with Gasteiger partial charge in [-0.1, -0.05) is 69.2 Å². The van der Waals surface area contributed by atoms with Gasteiger partial charge in [-0.25, -0.2) is 0 Å². The van der Waals surface area contributed by atoms with Gasteiger partial charge in [0.25, 0.3) is 0 Å². The fourth-order valence-electron chi connectivity index (χ4n) is 3.37. The number of rotatable bonds is 4. The van der Waals surface area contributed by atoms with E-state index in [1.165, 1.54) is 19.4 Å². The predicted octanol–water partition coefficient (Wildman–Crippen LogP) is 6.24. The van der Waals surface area contributed by atoms with Crippen LogP contribution >= 0.6 is 0 Å². The van der Waals surface area contributed by atoms with Crippen LogP contribution in [0.1, 0.15) is 102 Å². The van der Waals surface area contributed by atoms with Crippen molar-refractivity contribution in [1.29, 1.82) is 0 Å². The van der Waals surface area contributed by atoms with Crippen LogP contribution in [0.15, 0.2) is 0 Å². The maximum Gasteiger partial charge on any atom is 0.219 e. The Kier molecular flexibility index (Phi) is 24.2. The Morgan fingerprint density at radius 3 is 1.86 bits per heavy atom. The van der Waals surface area contributed by atoms with Crippen molar-refractivity contribution in [2.45, 2.75) is 107 Å².